The molecule has 2 N–H and O–H groups in total. The third-order valence-corrected chi connectivity index (χ3v) is 2.43. The van der Waals surface area contributed by atoms with Crippen LogP contribution < -0.4 is 5.32 Å². The van der Waals surface area contributed by atoms with E-state index in [2.05, 4.69) is 5.32 Å². The van der Waals surface area contributed by atoms with Gasteiger partial charge in [-0.3, -0.25) is 0 Å². The molecule has 88 valence electrons. The predicted molar refractivity (Wildman–Crippen MR) is 49.5 cm³/mol. The van der Waals surface area contributed by atoms with Crippen molar-refractivity contribution in [1.82, 2.24) is 5.32 Å². The second-order valence-corrected chi connectivity index (χ2v) is 3.48. The Kier molecular flexibility index (Phi) is 3.02. The lowest BCUT2D eigenvalue weighted by Crippen LogP contribution is -2.34. The molecule has 0 saturated carbocycles. The zero-order valence-electron chi connectivity index (χ0n) is 8.27. The number of nitrogens with one attached hydrogen (secondary N) is 1. The highest BCUT2D eigenvalue weighted by Gasteiger charge is 2.27. The number of rotatable bonds is 1. The van der Waals surface area contributed by atoms with E-state index in [4.69, 9.17) is 4.74 Å². The first kappa shape index (κ1) is 11.2. The molecule has 16 heavy (non-hydrogen) atoms. The molecule has 6 heteroatoms. The van der Waals surface area contributed by atoms with E-state index in [0.717, 1.165) is 0 Å². The lowest BCUT2D eigenvalue weighted by Gasteiger charge is -2.25. The van der Waals surface area contributed by atoms with E-state index in [1.807, 2.05) is 0 Å². The molecule has 0 aromatic heterocycles. The van der Waals surface area contributed by atoms with E-state index < -0.39 is 34.9 Å². The van der Waals surface area contributed by atoms with Gasteiger partial charge in [0.1, 0.15) is 6.10 Å². The maximum Gasteiger partial charge on any atom is 0.168 e. The van der Waals surface area contributed by atoms with Crippen LogP contribution in [-0.2, 0) is 4.74 Å². The van der Waals surface area contributed by atoms with Crippen molar-refractivity contribution in [3.05, 3.63) is 29.1 Å². The Morgan fingerprint density at radius 3 is 2.69 bits per heavy atom. The molecule has 0 radical (unpaired) electrons. The van der Waals surface area contributed by atoms with Gasteiger partial charge in [0.2, 0.25) is 0 Å². The molecule has 1 aromatic rings. The van der Waals surface area contributed by atoms with Gasteiger partial charge in [-0.05, 0) is 0 Å². The molecule has 3 nitrogen and oxygen atoms in total. The van der Waals surface area contributed by atoms with Crippen LogP contribution in [-0.4, -0.2) is 24.8 Å². The van der Waals surface area contributed by atoms with E-state index >= 15 is 0 Å². The lowest BCUT2D eigenvalue weighted by atomic mass is 10.1. The lowest BCUT2D eigenvalue weighted by molar-refractivity contribution is 0.0232. The van der Waals surface area contributed by atoms with Crippen LogP contribution in [0.15, 0.2) is 6.07 Å². The normalized spacial score (nSPS) is 21.1. The SMILES string of the molecule is Oc1c(F)cc(F)c(F)c1C1CNCCO1. The molecular formula is C10H10F3NO2. The Morgan fingerprint density at radius 1 is 1.31 bits per heavy atom. The molecule has 0 aliphatic carbocycles. The maximum atomic E-state index is 13.4. The smallest absolute Gasteiger partial charge is 0.168 e. The number of aromatic hydroxyl groups is 1. The molecule has 1 aromatic carbocycles. The van der Waals surface area contributed by atoms with Gasteiger partial charge in [-0.25, -0.2) is 13.2 Å². The van der Waals surface area contributed by atoms with Crippen LogP contribution in [0.2, 0.25) is 0 Å². The summed E-state index contributed by atoms with van der Waals surface area (Å²) in [4.78, 5) is 0. The molecule has 1 aliphatic heterocycles. The topological polar surface area (TPSA) is 41.5 Å². The molecule has 1 atom stereocenters. The Morgan fingerprint density at radius 2 is 2.06 bits per heavy atom. The molecule has 1 aliphatic rings. The molecule has 2 rings (SSSR count). The summed E-state index contributed by atoms with van der Waals surface area (Å²) < 4.78 is 44.6. The summed E-state index contributed by atoms with van der Waals surface area (Å²) >= 11 is 0. The van der Waals surface area contributed by atoms with E-state index in [1.54, 1.807) is 0 Å². The Balaban J connectivity index is 2.45. The van der Waals surface area contributed by atoms with Gasteiger partial charge in [0.05, 0.1) is 12.2 Å². The molecule has 1 unspecified atom stereocenters. The fourth-order valence-electron chi connectivity index (χ4n) is 1.65. The second kappa shape index (κ2) is 4.31. The first-order chi connectivity index (χ1) is 7.61. The quantitative estimate of drug-likeness (QED) is 0.722. The van der Waals surface area contributed by atoms with Crippen molar-refractivity contribution in [3.63, 3.8) is 0 Å². The minimum Gasteiger partial charge on any atom is -0.504 e. The molecule has 1 saturated heterocycles. The third kappa shape index (κ3) is 1.85. The van der Waals surface area contributed by atoms with Crippen molar-refractivity contribution in [3.8, 4) is 5.75 Å². The van der Waals surface area contributed by atoms with Crippen molar-refractivity contribution in [1.29, 1.82) is 0 Å². The maximum absolute atomic E-state index is 13.4. The van der Waals surface area contributed by atoms with E-state index in [0.29, 0.717) is 19.2 Å². The van der Waals surface area contributed by atoms with Gasteiger partial charge in [-0.15, -0.1) is 0 Å². The Hall–Kier alpha value is -1.27. The highest BCUT2D eigenvalue weighted by Crippen LogP contribution is 2.33. The van der Waals surface area contributed by atoms with Crippen LogP contribution in [0.25, 0.3) is 0 Å². The van der Waals surface area contributed by atoms with Gasteiger partial charge in [-0.1, -0.05) is 0 Å². The number of morpholine rings is 1. The minimum absolute atomic E-state index is 0.202. The summed E-state index contributed by atoms with van der Waals surface area (Å²) in [6, 6.07) is 0.310. The average Bonchev–Trinajstić information content (AvgIpc) is 2.28. The largest absolute Gasteiger partial charge is 0.504 e. The molecule has 0 amide bonds. The molecule has 0 bridgehead atoms. The number of hydrogen-bond acceptors (Lipinski definition) is 3. The van der Waals surface area contributed by atoms with E-state index in [9.17, 15) is 18.3 Å². The first-order valence-corrected chi connectivity index (χ1v) is 4.80. The molecule has 0 spiro atoms. The van der Waals surface area contributed by atoms with Crippen molar-refractivity contribution < 1.29 is 23.0 Å². The Labute approximate surface area is 89.8 Å². The first-order valence-electron chi connectivity index (χ1n) is 4.80. The highest BCUT2D eigenvalue weighted by molar-refractivity contribution is 5.37. The van der Waals surface area contributed by atoms with Crippen LogP contribution in [0.3, 0.4) is 0 Å². The number of phenolic OH excluding ortho intramolecular Hbond substituents is 1. The van der Waals surface area contributed by atoms with Crippen molar-refractivity contribution in [2.45, 2.75) is 6.10 Å². The van der Waals surface area contributed by atoms with E-state index in [1.165, 1.54) is 0 Å². The van der Waals surface area contributed by atoms with E-state index in [-0.39, 0.29) is 6.54 Å². The van der Waals surface area contributed by atoms with Crippen LogP contribution >= 0.6 is 0 Å². The third-order valence-electron chi connectivity index (χ3n) is 2.43. The van der Waals surface area contributed by atoms with Gasteiger partial charge in [-0.2, -0.15) is 0 Å². The van der Waals surface area contributed by atoms with Crippen LogP contribution in [0.1, 0.15) is 11.7 Å². The molecular weight excluding hydrogens is 223 g/mol. The summed E-state index contributed by atoms with van der Waals surface area (Å²) in [5.74, 6) is -4.69. The predicted octanol–water partition coefficient (Wildman–Crippen LogP) is 1.47. The van der Waals surface area contributed by atoms with Crippen molar-refractivity contribution in [2.75, 3.05) is 19.7 Å². The van der Waals surface area contributed by atoms with Crippen LogP contribution in [0.5, 0.6) is 5.75 Å². The Bertz CT molecular complexity index is 379. The minimum atomic E-state index is -1.33. The number of halogens is 3. The highest BCUT2D eigenvalue weighted by atomic mass is 19.2. The second-order valence-electron chi connectivity index (χ2n) is 3.48. The zero-order chi connectivity index (χ0) is 11.7. The summed E-state index contributed by atoms with van der Waals surface area (Å²) in [6.07, 6.45) is -0.876. The van der Waals surface area contributed by atoms with Crippen molar-refractivity contribution in [2.24, 2.45) is 0 Å². The van der Waals surface area contributed by atoms with Crippen molar-refractivity contribution >= 4 is 0 Å². The number of phenols is 1. The molecule has 1 heterocycles. The van der Waals surface area contributed by atoms with Gasteiger partial charge >= 0.3 is 0 Å². The number of benzene rings is 1. The standard InChI is InChI=1S/C10H10F3NO2/c11-5-3-6(12)10(15)8(9(5)13)7-4-14-1-2-16-7/h3,7,14-15H,1-2,4H2. The molecule has 1 fully saturated rings. The fourth-order valence-corrected chi connectivity index (χ4v) is 1.65. The summed E-state index contributed by atoms with van der Waals surface area (Å²) in [7, 11) is 0. The summed E-state index contributed by atoms with van der Waals surface area (Å²) in [5, 5.41) is 12.2. The summed E-state index contributed by atoms with van der Waals surface area (Å²) in [5.41, 5.74) is -0.468. The monoisotopic (exact) mass is 233 g/mol. The van der Waals surface area contributed by atoms with Gasteiger partial charge in [0.25, 0.3) is 0 Å². The van der Waals surface area contributed by atoms with Gasteiger partial charge in [0, 0.05) is 19.2 Å². The van der Waals surface area contributed by atoms with Crippen LogP contribution in [0, 0.1) is 17.5 Å². The summed E-state index contributed by atoms with van der Waals surface area (Å²) in [6.45, 7) is 1.08. The number of hydrogen-bond donors (Lipinski definition) is 2. The van der Waals surface area contributed by atoms with Crippen LogP contribution in [0.4, 0.5) is 13.2 Å². The van der Waals surface area contributed by atoms with Gasteiger partial charge < -0.3 is 15.2 Å². The number of ether oxygens (including phenoxy) is 1. The van der Waals surface area contributed by atoms with Gasteiger partial charge in [0.15, 0.2) is 23.2 Å². The zero-order valence-corrected chi connectivity index (χ0v) is 8.27. The average molecular weight is 233 g/mol. The fraction of sp³-hybridized carbons (Fsp3) is 0.400.